The van der Waals surface area contributed by atoms with Crippen molar-refractivity contribution in [3.63, 3.8) is 0 Å². The van der Waals surface area contributed by atoms with Gasteiger partial charge < -0.3 is 19.9 Å². The van der Waals surface area contributed by atoms with Gasteiger partial charge in [0.1, 0.15) is 24.2 Å². The molecule has 2 amide bonds. The van der Waals surface area contributed by atoms with Crippen molar-refractivity contribution in [3.8, 4) is 5.75 Å². The predicted molar refractivity (Wildman–Crippen MR) is 112 cm³/mol. The number of carbonyl (C=O) groups is 2. The molecule has 0 spiro atoms. The lowest BCUT2D eigenvalue weighted by molar-refractivity contribution is -0.122. The summed E-state index contributed by atoms with van der Waals surface area (Å²) >= 11 is 0. The van der Waals surface area contributed by atoms with E-state index in [0.29, 0.717) is 30.0 Å². The second-order valence-electron chi connectivity index (χ2n) is 7.60. The zero-order valence-corrected chi connectivity index (χ0v) is 17.2. The largest absolute Gasteiger partial charge is 0.488 e. The minimum Gasteiger partial charge on any atom is -0.488 e. The molecule has 1 aliphatic heterocycles. The molecule has 1 aromatic heterocycles. The highest BCUT2D eigenvalue weighted by atomic mass is 16.5. The van der Waals surface area contributed by atoms with Crippen molar-refractivity contribution in [2.45, 2.75) is 45.8 Å². The summed E-state index contributed by atoms with van der Waals surface area (Å²) in [7, 11) is 0. The highest BCUT2D eigenvalue weighted by molar-refractivity contribution is 6.03. The van der Waals surface area contributed by atoms with Gasteiger partial charge in [0.05, 0.1) is 16.8 Å². The van der Waals surface area contributed by atoms with E-state index in [1.165, 1.54) is 0 Å². The van der Waals surface area contributed by atoms with Crippen LogP contribution in [0.1, 0.15) is 46.6 Å². The van der Waals surface area contributed by atoms with Crippen molar-refractivity contribution in [2.75, 3.05) is 6.54 Å². The van der Waals surface area contributed by atoms with Gasteiger partial charge in [0.15, 0.2) is 0 Å². The number of hydrogen-bond donors (Lipinski definition) is 2. The van der Waals surface area contributed by atoms with Crippen LogP contribution in [0.5, 0.6) is 5.75 Å². The van der Waals surface area contributed by atoms with Crippen LogP contribution in [0.25, 0.3) is 10.8 Å². The van der Waals surface area contributed by atoms with Gasteiger partial charge in [0, 0.05) is 6.54 Å². The number of benzene rings is 2. The van der Waals surface area contributed by atoms with Gasteiger partial charge in [-0.2, -0.15) is 0 Å². The second-order valence-corrected chi connectivity index (χ2v) is 7.60. The van der Waals surface area contributed by atoms with Crippen LogP contribution in [-0.4, -0.2) is 29.6 Å². The van der Waals surface area contributed by atoms with Crippen LogP contribution in [0.4, 0.5) is 0 Å². The normalized spacial score (nSPS) is 16.7. The summed E-state index contributed by atoms with van der Waals surface area (Å²) in [6.45, 7) is 4.57. The van der Waals surface area contributed by atoms with Crippen molar-refractivity contribution in [3.05, 3.63) is 59.0 Å². The molecule has 7 heteroatoms. The summed E-state index contributed by atoms with van der Waals surface area (Å²) < 4.78 is 11.3. The fourth-order valence-electron chi connectivity index (χ4n) is 3.69. The van der Waals surface area contributed by atoms with E-state index in [2.05, 4.69) is 15.8 Å². The van der Waals surface area contributed by atoms with Gasteiger partial charge in [-0.3, -0.25) is 9.59 Å². The van der Waals surface area contributed by atoms with Crippen LogP contribution in [0.15, 0.2) is 40.9 Å². The topological polar surface area (TPSA) is 93.5 Å². The Morgan fingerprint density at radius 3 is 2.73 bits per heavy atom. The molecule has 2 heterocycles. The van der Waals surface area contributed by atoms with Crippen LogP contribution in [0.2, 0.25) is 0 Å². The van der Waals surface area contributed by atoms with Crippen LogP contribution in [0.3, 0.4) is 0 Å². The number of nitrogens with zero attached hydrogens (tertiary/aromatic N) is 1. The summed E-state index contributed by atoms with van der Waals surface area (Å²) in [5, 5.41) is 11.6. The number of aromatic nitrogens is 1. The van der Waals surface area contributed by atoms with Crippen molar-refractivity contribution in [2.24, 2.45) is 0 Å². The minimum atomic E-state index is -0.540. The van der Waals surface area contributed by atoms with Crippen LogP contribution in [0, 0.1) is 13.8 Å². The summed E-state index contributed by atoms with van der Waals surface area (Å²) in [5.74, 6) is 0.686. The van der Waals surface area contributed by atoms with Crippen LogP contribution in [-0.2, 0) is 11.4 Å². The average molecular weight is 407 g/mol. The fourth-order valence-corrected chi connectivity index (χ4v) is 3.69. The van der Waals surface area contributed by atoms with E-state index in [1.54, 1.807) is 0 Å². The van der Waals surface area contributed by atoms with E-state index >= 15 is 0 Å². The standard InChI is InChI=1S/C23H25N3O4/c1-14-19(15(2)30-26-14)13-29-21-12-17-8-4-3-7-16(17)11-18(21)22(27)25-20-9-5-6-10-24-23(20)28/h3-4,7-8,11-12,20H,5-6,9-10,13H2,1-2H3,(H,24,28)(H,25,27). The Hall–Kier alpha value is -3.35. The van der Waals surface area contributed by atoms with Crippen LogP contribution < -0.4 is 15.4 Å². The number of amides is 2. The summed E-state index contributed by atoms with van der Waals surface area (Å²) in [5.41, 5.74) is 2.02. The molecule has 0 saturated carbocycles. The Bertz CT molecular complexity index is 1070. The molecule has 0 aliphatic carbocycles. The first kappa shape index (κ1) is 19.9. The van der Waals surface area contributed by atoms with E-state index in [4.69, 9.17) is 9.26 Å². The number of fused-ring (bicyclic) bond motifs is 1. The Morgan fingerprint density at radius 1 is 1.23 bits per heavy atom. The highest BCUT2D eigenvalue weighted by Gasteiger charge is 2.25. The molecule has 1 saturated heterocycles. The monoisotopic (exact) mass is 407 g/mol. The SMILES string of the molecule is Cc1noc(C)c1COc1cc2ccccc2cc1C(=O)NC1CCCCNC1=O. The molecule has 0 radical (unpaired) electrons. The Labute approximate surface area is 174 Å². The van der Waals surface area contributed by atoms with Gasteiger partial charge in [0.25, 0.3) is 5.91 Å². The van der Waals surface area contributed by atoms with Gasteiger partial charge in [-0.05, 0) is 56.0 Å². The Kier molecular flexibility index (Phi) is 5.70. The number of carbonyl (C=O) groups excluding carboxylic acids is 2. The number of nitrogens with one attached hydrogen (secondary N) is 2. The molecule has 1 unspecified atom stereocenters. The molecular weight excluding hydrogens is 382 g/mol. The lowest BCUT2D eigenvalue weighted by atomic mass is 10.0. The van der Waals surface area contributed by atoms with E-state index in [1.807, 2.05) is 50.2 Å². The first-order valence-electron chi connectivity index (χ1n) is 10.2. The zero-order chi connectivity index (χ0) is 21.1. The van der Waals surface area contributed by atoms with Gasteiger partial charge in [-0.25, -0.2) is 0 Å². The summed E-state index contributed by atoms with van der Waals surface area (Å²) in [6.07, 6.45) is 2.43. The summed E-state index contributed by atoms with van der Waals surface area (Å²) in [6, 6.07) is 10.9. The maximum absolute atomic E-state index is 13.1. The van der Waals surface area contributed by atoms with E-state index in [-0.39, 0.29) is 18.4 Å². The van der Waals surface area contributed by atoms with Crippen molar-refractivity contribution < 1.29 is 18.8 Å². The number of aryl methyl sites for hydroxylation is 2. The Balaban J connectivity index is 1.63. The number of ether oxygens (including phenoxy) is 1. The maximum atomic E-state index is 13.1. The van der Waals surface area contributed by atoms with E-state index in [9.17, 15) is 9.59 Å². The minimum absolute atomic E-state index is 0.139. The summed E-state index contributed by atoms with van der Waals surface area (Å²) in [4.78, 5) is 25.4. The van der Waals surface area contributed by atoms with Crippen molar-refractivity contribution in [1.29, 1.82) is 0 Å². The van der Waals surface area contributed by atoms with E-state index < -0.39 is 6.04 Å². The van der Waals surface area contributed by atoms with Gasteiger partial charge in [0.2, 0.25) is 5.91 Å². The fraction of sp³-hybridized carbons (Fsp3) is 0.348. The molecule has 1 fully saturated rings. The molecule has 1 aliphatic rings. The third-order valence-electron chi connectivity index (χ3n) is 5.49. The number of rotatable bonds is 5. The van der Waals surface area contributed by atoms with Crippen molar-refractivity contribution in [1.82, 2.24) is 15.8 Å². The first-order chi connectivity index (χ1) is 14.5. The third kappa shape index (κ3) is 4.15. The molecule has 2 aromatic carbocycles. The first-order valence-corrected chi connectivity index (χ1v) is 10.2. The lowest BCUT2D eigenvalue weighted by Crippen LogP contribution is -2.45. The molecule has 156 valence electrons. The second kappa shape index (κ2) is 8.57. The third-order valence-corrected chi connectivity index (χ3v) is 5.49. The number of hydrogen-bond acceptors (Lipinski definition) is 5. The smallest absolute Gasteiger partial charge is 0.255 e. The highest BCUT2D eigenvalue weighted by Crippen LogP contribution is 2.28. The molecule has 7 nitrogen and oxygen atoms in total. The molecule has 3 aromatic rings. The molecular formula is C23H25N3O4. The van der Waals surface area contributed by atoms with Gasteiger partial charge in [-0.15, -0.1) is 0 Å². The van der Waals surface area contributed by atoms with Gasteiger partial charge >= 0.3 is 0 Å². The maximum Gasteiger partial charge on any atom is 0.255 e. The molecule has 0 bridgehead atoms. The van der Waals surface area contributed by atoms with Crippen LogP contribution >= 0.6 is 0 Å². The average Bonchev–Trinajstić information content (AvgIpc) is 2.93. The van der Waals surface area contributed by atoms with Gasteiger partial charge in [-0.1, -0.05) is 29.4 Å². The van der Waals surface area contributed by atoms with E-state index in [0.717, 1.165) is 34.9 Å². The lowest BCUT2D eigenvalue weighted by Gasteiger charge is -2.18. The quantitative estimate of drug-likeness (QED) is 0.676. The Morgan fingerprint density at radius 2 is 2.00 bits per heavy atom. The molecule has 2 N–H and O–H groups in total. The zero-order valence-electron chi connectivity index (χ0n) is 17.2. The van der Waals surface area contributed by atoms with Crippen molar-refractivity contribution >= 4 is 22.6 Å². The molecule has 30 heavy (non-hydrogen) atoms. The molecule has 1 atom stereocenters. The predicted octanol–water partition coefficient (Wildman–Crippen LogP) is 3.42. The molecule has 4 rings (SSSR count).